The highest BCUT2D eigenvalue weighted by Crippen LogP contribution is 2.24. The molecule has 15 heavy (non-hydrogen) atoms. The summed E-state index contributed by atoms with van der Waals surface area (Å²) >= 11 is 0. The van der Waals surface area contributed by atoms with Crippen molar-refractivity contribution in [2.24, 2.45) is 0 Å². The lowest BCUT2D eigenvalue weighted by atomic mass is 9.92. The van der Waals surface area contributed by atoms with E-state index >= 15 is 0 Å². The number of carbonyl (C=O) groups excluding carboxylic acids is 1. The molecule has 0 aliphatic carbocycles. The molecule has 0 radical (unpaired) electrons. The van der Waals surface area contributed by atoms with Crippen LogP contribution < -0.4 is 0 Å². The molecule has 0 spiro atoms. The van der Waals surface area contributed by atoms with Crippen molar-refractivity contribution in [3.05, 3.63) is 35.9 Å². The summed E-state index contributed by atoms with van der Waals surface area (Å²) in [6.45, 7) is 3.22. The maximum atomic E-state index is 10.1. The lowest BCUT2D eigenvalue weighted by Crippen LogP contribution is -2.03. The van der Waals surface area contributed by atoms with E-state index in [-0.39, 0.29) is 0 Å². The molecule has 0 aliphatic heterocycles. The highest BCUT2D eigenvalue weighted by molar-refractivity contribution is 5.36. The van der Waals surface area contributed by atoms with Gasteiger partial charge in [-0.2, -0.15) is 0 Å². The van der Waals surface area contributed by atoms with Crippen LogP contribution in [0.3, 0.4) is 0 Å². The zero-order valence-electron chi connectivity index (χ0n) is 9.19. The fourth-order valence-corrected chi connectivity index (χ4v) is 1.81. The van der Waals surface area contributed by atoms with Crippen LogP contribution >= 0.6 is 0 Å². The standard InChI is InChI=1S/C13H18O2/c1-2-6-12(9-10-15-11-14)13-7-4-3-5-8-13/h3-5,7-8,11-12H,2,6,9-10H2,1H3. The lowest BCUT2D eigenvalue weighted by molar-refractivity contribution is -0.128. The summed E-state index contributed by atoms with van der Waals surface area (Å²) in [5.41, 5.74) is 1.34. The van der Waals surface area contributed by atoms with Crippen molar-refractivity contribution in [1.82, 2.24) is 0 Å². The SMILES string of the molecule is CCCC(CCOC=O)c1ccccc1. The fourth-order valence-electron chi connectivity index (χ4n) is 1.81. The van der Waals surface area contributed by atoms with Crippen molar-refractivity contribution < 1.29 is 9.53 Å². The zero-order chi connectivity index (χ0) is 10.9. The maximum Gasteiger partial charge on any atom is 0.293 e. The van der Waals surface area contributed by atoms with E-state index in [0.29, 0.717) is 19.0 Å². The van der Waals surface area contributed by atoms with Gasteiger partial charge in [0.1, 0.15) is 0 Å². The summed E-state index contributed by atoms with van der Waals surface area (Å²) in [4.78, 5) is 10.1. The van der Waals surface area contributed by atoms with Gasteiger partial charge in [0.25, 0.3) is 6.47 Å². The molecule has 2 heteroatoms. The second-order valence-electron chi connectivity index (χ2n) is 3.65. The normalized spacial score (nSPS) is 12.1. The topological polar surface area (TPSA) is 26.3 Å². The molecule has 0 saturated carbocycles. The number of rotatable bonds is 7. The quantitative estimate of drug-likeness (QED) is 0.506. The average Bonchev–Trinajstić information content (AvgIpc) is 2.29. The Morgan fingerprint density at radius 2 is 2.00 bits per heavy atom. The van der Waals surface area contributed by atoms with E-state index in [4.69, 9.17) is 4.74 Å². The molecule has 0 heterocycles. The molecular weight excluding hydrogens is 188 g/mol. The molecule has 0 amide bonds. The van der Waals surface area contributed by atoms with E-state index in [1.54, 1.807) is 0 Å². The minimum Gasteiger partial charge on any atom is -0.468 e. The molecule has 1 rings (SSSR count). The summed E-state index contributed by atoms with van der Waals surface area (Å²) in [5, 5.41) is 0. The predicted molar refractivity (Wildman–Crippen MR) is 60.7 cm³/mol. The Bertz CT molecular complexity index is 269. The molecular formula is C13H18O2. The molecule has 0 aromatic heterocycles. The van der Waals surface area contributed by atoms with Crippen LogP contribution in [0.4, 0.5) is 0 Å². The molecule has 0 bridgehead atoms. The van der Waals surface area contributed by atoms with E-state index in [1.807, 2.05) is 6.07 Å². The summed E-state index contributed by atoms with van der Waals surface area (Å²) in [5.74, 6) is 0.510. The number of ether oxygens (including phenoxy) is 1. The van der Waals surface area contributed by atoms with Gasteiger partial charge in [-0.1, -0.05) is 43.7 Å². The number of carbonyl (C=O) groups is 1. The van der Waals surface area contributed by atoms with E-state index in [9.17, 15) is 4.79 Å². The van der Waals surface area contributed by atoms with E-state index < -0.39 is 0 Å². The van der Waals surface area contributed by atoms with Gasteiger partial charge in [0, 0.05) is 0 Å². The first-order chi connectivity index (χ1) is 7.38. The number of benzene rings is 1. The van der Waals surface area contributed by atoms with Crippen LogP contribution in [0.2, 0.25) is 0 Å². The van der Waals surface area contributed by atoms with Gasteiger partial charge in [0.05, 0.1) is 6.61 Å². The molecule has 1 atom stereocenters. The smallest absolute Gasteiger partial charge is 0.293 e. The van der Waals surface area contributed by atoms with Crippen LogP contribution in [0, 0.1) is 0 Å². The second-order valence-corrected chi connectivity index (χ2v) is 3.65. The first kappa shape index (κ1) is 11.8. The van der Waals surface area contributed by atoms with Gasteiger partial charge in [0.15, 0.2) is 0 Å². The molecule has 0 aliphatic rings. The summed E-state index contributed by atoms with van der Waals surface area (Å²) in [6.07, 6.45) is 3.21. The Labute approximate surface area is 91.3 Å². The monoisotopic (exact) mass is 206 g/mol. The van der Waals surface area contributed by atoms with Crippen LogP contribution in [-0.2, 0) is 9.53 Å². The predicted octanol–water partition coefficient (Wildman–Crippen LogP) is 3.13. The first-order valence-electron chi connectivity index (χ1n) is 5.48. The van der Waals surface area contributed by atoms with Gasteiger partial charge in [-0.25, -0.2) is 0 Å². The average molecular weight is 206 g/mol. The molecule has 1 aromatic carbocycles. The van der Waals surface area contributed by atoms with Crippen LogP contribution in [-0.4, -0.2) is 13.1 Å². The van der Waals surface area contributed by atoms with Crippen molar-refractivity contribution in [2.75, 3.05) is 6.61 Å². The van der Waals surface area contributed by atoms with Gasteiger partial charge in [0.2, 0.25) is 0 Å². The molecule has 1 unspecified atom stereocenters. The van der Waals surface area contributed by atoms with Crippen LogP contribution in [0.25, 0.3) is 0 Å². The van der Waals surface area contributed by atoms with E-state index in [2.05, 4.69) is 31.2 Å². The molecule has 1 aromatic rings. The van der Waals surface area contributed by atoms with Gasteiger partial charge in [-0.3, -0.25) is 4.79 Å². The number of hydrogen-bond acceptors (Lipinski definition) is 2. The second kappa shape index (κ2) is 7.04. The minimum atomic E-state index is 0.510. The van der Waals surface area contributed by atoms with Crippen molar-refractivity contribution in [3.8, 4) is 0 Å². The Kier molecular flexibility index (Phi) is 5.52. The highest BCUT2D eigenvalue weighted by Gasteiger charge is 2.09. The van der Waals surface area contributed by atoms with Crippen LogP contribution in [0.1, 0.15) is 37.7 Å². The third kappa shape index (κ3) is 4.15. The number of hydrogen-bond donors (Lipinski definition) is 0. The maximum absolute atomic E-state index is 10.1. The molecule has 82 valence electrons. The van der Waals surface area contributed by atoms with E-state index in [0.717, 1.165) is 19.3 Å². The van der Waals surface area contributed by atoms with E-state index in [1.165, 1.54) is 5.56 Å². The molecule has 2 nitrogen and oxygen atoms in total. The van der Waals surface area contributed by atoms with Crippen molar-refractivity contribution in [2.45, 2.75) is 32.1 Å². The van der Waals surface area contributed by atoms with Crippen LogP contribution in [0.5, 0.6) is 0 Å². The van der Waals surface area contributed by atoms with Crippen molar-refractivity contribution in [1.29, 1.82) is 0 Å². The molecule has 0 saturated heterocycles. The molecule has 0 N–H and O–H groups in total. The minimum absolute atomic E-state index is 0.510. The summed E-state index contributed by atoms with van der Waals surface area (Å²) in [6, 6.07) is 10.4. The van der Waals surface area contributed by atoms with Crippen molar-refractivity contribution >= 4 is 6.47 Å². The lowest BCUT2D eigenvalue weighted by Gasteiger charge is -2.15. The summed E-state index contributed by atoms with van der Waals surface area (Å²) < 4.78 is 4.75. The fraction of sp³-hybridized carbons (Fsp3) is 0.462. The summed E-state index contributed by atoms with van der Waals surface area (Å²) in [7, 11) is 0. The van der Waals surface area contributed by atoms with Gasteiger partial charge in [-0.05, 0) is 24.3 Å². The largest absolute Gasteiger partial charge is 0.468 e. The van der Waals surface area contributed by atoms with Crippen molar-refractivity contribution in [3.63, 3.8) is 0 Å². The Morgan fingerprint density at radius 3 is 2.60 bits per heavy atom. The molecule has 0 fully saturated rings. The van der Waals surface area contributed by atoms with Gasteiger partial charge in [-0.15, -0.1) is 0 Å². The third-order valence-corrected chi connectivity index (χ3v) is 2.56. The Hall–Kier alpha value is -1.31. The Balaban J connectivity index is 2.53. The van der Waals surface area contributed by atoms with Gasteiger partial charge >= 0.3 is 0 Å². The highest BCUT2D eigenvalue weighted by atomic mass is 16.5. The third-order valence-electron chi connectivity index (χ3n) is 2.56. The van der Waals surface area contributed by atoms with Gasteiger partial charge < -0.3 is 4.74 Å². The van der Waals surface area contributed by atoms with Crippen LogP contribution in [0.15, 0.2) is 30.3 Å². The zero-order valence-corrected chi connectivity index (χ0v) is 9.19. The first-order valence-corrected chi connectivity index (χ1v) is 5.48. The Morgan fingerprint density at radius 1 is 1.27 bits per heavy atom.